The summed E-state index contributed by atoms with van der Waals surface area (Å²) in [4.78, 5) is 11.2. The lowest BCUT2D eigenvalue weighted by Crippen LogP contribution is -2.35. The summed E-state index contributed by atoms with van der Waals surface area (Å²) in [5.41, 5.74) is 5.61. The van der Waals surface area contributed by atoms with Crippen molar-refractivity contribution in [3.05, 3.63) is 30.1 Å². The maximum absolute atomic E-state index is 13.4. The zero-order valence-electron chi connectivity index (χ0n) is 9.78. The molecular formula is C12H17FN2OS. The lowest BCUT2D eigenvalue weighted by molar-refractivity contribution is -0.118. The second kappa shape index (κ2) is 7.17. The fourth-order valence-electron chi connectivity index (χ4n) is 1.48. The van der Waals surface area contributed by atoms with E-state index < -0.39 is 11.9 Å². The van der Waals surface area contributed by atoms with Crippen molar-refractivity contribution in [2.45, 2.75) is 18.9 Å². The Labute approximate surface area is 105 Å². The smallest absolute Gasteiger partial charge is 0.239 e. The van der Waals surface area contributed by atoms with Gasteiger partial charge in [0.05, 0.1) is 5.69 Å². The summed E-state index contributed by atoms with van der Waals surface area (Å²) in [6.45, 7) is 0. The molecule has 0 fully saturated rings. The van der Waals surface area contributed by atoms with E-state index >= 15 is 0 Å². The van der Waals surface area contributed by atoms with Crippen molar-refractivity contribution >= 4 is 23.4 Å². The van der Waals surface area contributed by atoms with Crippen LogP contribution < -0.4 is 11.1 Å². The predicted molar refractivity (Wildman–Crippen MR) is 70.6 cm³/mol. The van der Waals surface area contributed by atoms with Crippen molar-refractivity contribution in [3.8, 4) is 0 Å². The summed E-state index contributed by atoms with van der Waals surface area (Å²) in [5.74, 6) is 0.140. The number of primary amides is 1. The van der Waals surface area contributed by atoms with Gasteiger partial charge in [0.15, 0.2) is 0 Å². The summed E-state index contributed by atoms with van der Waals surface area (Å²) in [7, 11) is 0. The van der Waals surface area contributed by atoms with Crippen molar-refractivity contribution in [1.82, 2.24) is 0 Å². The van der Waals surface area contributed by atoms with Gasteiger partial charge in [0, 0.05) is 0 Å². The number of benzene rings is 1. The lowest BCUT2D eigenvalue weighted by atomic mass is 10.1. The van der Waals surface area contributed by atoms with Gasteiger partial charge in [-0.25, -0.2) is 4.39 Å². The largest absolute Gasteiger partial charge is 0.371 e. The average Bonchev–Trinajstić information content (AvgIpc) is 2.30. The van der Waals surface area contributed by atoms with Crippen molar-refractivity contribution in [3.63, 3.8) is 0 Å². The molecule has 0 bridgehead atoms. The van der Waals surface area contributed by atoms with Gasteiger partial charge in [-0.05, 0) is 37.0 Å². The molecule has 0 aliphatic carbocycles. The third kappa shape index (κ3) is 4.65. The van der Waals surface area contributed by atoms with Crippen LogP contribution in [0.5, 0.6) is 0 Å². The molecule has 0 aliphatic heterocycles. The van der Waals surface area contributed by atoms with E-state index in [0.717, 1.165) is 12.2 Å². The number of para-hydroxylation sites is 1. The van der Waals surface area contributed by atoms with Crippen molar-refractivity contribution in [1.29, 1.82) is 0 Å². The molecule has 0 heterocycles. The average molecular weight is 256 g/mol. The number of nitrogens with one attached hydrogen (secondary N) is 1. The Morgan fingerprint density at radius 3 is 2.82 bits per heavy atom. The first kappa shape index (κ1) is 13.8. The number of halogens is 1. The minimum Gasteiger partial charge on any atom is -0.371 e. The van der Waals surface area contributed by atoms with Crippen molar-refractivity contribution in [2.75, 3.05) is 17.3 Å². The number of thioether (sulfide) groups is 1. The molecule has 0 aliphatic rings. The molecule has 1 rings (SSSR count). The van der Waals surface area contributed by atoms with Crippen LogP contribution in [-0.4, -0.2) is 24.0 Å². The normalized spacial score (nSPS) is 12.1. The molecule has 0 spiro atoms. The predicted octanol–water partition coefficient (Wildman–Crippen LogP) is 2.23. The summed E-state index contributed by atoms with van der Waals surface area (Å²) in [6, 6.07) is 5.75. The molecular weight excluding hydrogens is 239 g/mol. The van der Waals surface area contributed by atoms with E-state index in [1.165, 1.54) is 6.07 Å². The van der Waals surface area contributed by atoms with E-state index in [1.54, 1.807) is 30.0 Å². The van der Waals surface area contributed by atoms with E-state index in [4.69, 9.17) is 5.73 Å². The monoisotopic (exact) mass is 256 g/mol. The topological polar surface area (TPSA) is 55.1 Å². The maximum Gasteiger partial charge on any atom is 0.239 e. The van der Waals surface area contributed by atoms with Crippen LogP contribution in [0.4, 0.5) is 10.1 Å². The van der Waals surface area contributed by atoms with E-state index in [1.807, 2.05) is 6.26 Å². The highest BCUT2D eigenvalue weighted by Crippen LogP contribution is 2.15. The molecule has 1 aromatic rings. The quantitative estimate of drug-likeness (QED) is 0.736. The van der Waals surface area contributed by atoms with Crippen LogP contribution in [0.15, 0.2) is 24.3 Å². The van der Waals surface area contributed by atoms with E-state index in [2.05, 4.69) is 5.32 Å². The molecule has 94 valence electrons. The number of hydrogen-bond acceptors (Lipinski definition) is 3. The van der Waals surface area contributed by atoms with Crippen LogP contribution in [0.1, 0.15) is 12.8 Å². The third-order valence-corrected chi connectivity index (χ3v) is 3.09. The number of rotatable bonds is 7. The highest BCUT2D eigenvalue weighted by atomic mass is 32.2. The van der Waals surface area contributed by atoms with Gasteiger partial charge in [0.25, 0.3) is 0 Å². The highest BCUT2D eigenvalue weighted by Gasteiger charge is 2.15. The molecule has 1 amide bonds. The van der Waals surface area contributed by atoms with Crippen LogP contribution >= 0.6 is 11.8 Å². The zero-order valence-corrected chi connectivity index (χ0v) is 10.6. The molecule has 1 unspecified atom stereocenters. The molecule has 1 atom stereocenters. The lowest BCUT2D eigenvalue weighted by Gasteiger charge is -2.16. The summed E-state index contributed by atoms with van der Waals surface area (Å²) in [6.07, 6.45) is 3.49. The molecule has 1 aromatic carbocycles. The van der Waals surface area contributed by atoms with E-state index in [9.17, 15) is 9.18 Å². The first-order valence-corrected chi connectivity index (χ1v) is 6.84. The fourth-order valence-corrected chi connectivity index (χ4v) is 1.94. The first-order valence-electron chi connectivity index (χ1n) is 5.44. The van der Waals surface area contributed by atoms with E-state index in [-0.39, 0.29) is 5.82 Å². The Kier molecular flexibility index (Phi) is 5.83. The van der Waals surface area contributed by atoms with Gasteiger partial charge in [-0.15, -0.1) is 0 Å². The van der Waals surface area contributed by atoms with Gasteiger partial charge < -0.3 is 11.1 Å². The number of nitrogens with two attached hydrogens (primary N) is 1. The second-order valence-electron chi connectivity index (χ2n) is 3.71. The van der Waals surface area contributed by atoms with Crippen molar-refractivity contribution < 1.29 is 9.18 Å². The molecule has 0 radical (unpaired) electrons. The SMILES string of the molecule is CSCCCC(Nc1ccccc1F)C(N)=O. The zero-order chi connectivity index (χ0) is 12.7. The number of hydrogen-bond donors (Lipinski definition) is 2. The molecule has 0 saturated heterocycles. The van der Waals surface area contributed by atoms with Gasteiger partial charge in [-0.3, -0.25) is 4.79 Å². The van der Waals surface area contributed by atoms with Crippen LogP contribution in [0.2, 0.25) is 0 Å². The third-order valence-electron chi connectivity index (χ3n) is 2.39. The molecule has 0 aromatic heterocycles. The first-order chi connectivity index (χ1) is 8.15. The van der Waals surface area contributed by atoms with Crippen LogP contribution in [0, 0.1) is 5.82 Å². The standard InChI is InChI=1S/C12H17FN2OS/c1-17-8-4-7-11(12(14)16)15-10-6-3-2-5-9(10)13/h2-3,5-6,11,15H,4,7-8H2,1H3,(H2,14,16). The van der Waals surface area contributed by atoms with Gasteiger partial charge in [0.1, 0.15) is 11.9 Å². The van der Waals surface area contributed by atoms with Crippen LogP contribution in [0.3, 0.4) is 0 Å². The van der Waals surface area contributed by atoms with Gasteiger partial charge in [-0.1, -0.05) is 12.1 Å². The minimum absolute atomic E-state index is 0.320. The molecule has 5 heteroatoms. The Bertz CT molecular complexity index is 373. The second-order valence-corrected chi connectivity index (χ2v) is 4.70. The molecule has 3 nitrogen and oxygen atoms in total. The Hall–Kier alpha value is -1.23. The van der Waals surface area contributed by atoms with Crippen LogP contribution in [-0.2, 0) is 4.79 Å². The summed E-state index contributed by atoms with van der Waals surface area (Å²) in [5, 5.41) is 2.85. The molecule has 0 saturated carbocycles. The summed E-state index contributed by atoms with van der Waals surface area (Å²) < 4.78 is 13.4. The molecule has 17 heavy (non-hydrogen) atoms. The van der Waals surface area contributed by atoms with Gasteiger partial charge >= 0.3 is 0 Å². The number of anilines is 1. The number of carbonyl (C=O) groups excluding carboxylic acids is 1. The van der Waals surface area contributed by atoms with Gasteiger partial charge in [0.2, 0.25) is 5.91 Å². The number of carbonyl (C=O) groups is 1. The van der Waals surface area contributed by atoms with Gasteiger partial charge in [-0.2, -0.15) is 11.8 Å². The fraction of sp³-hybridized carbons (Fsp3) is 0.417. The molecule has 3 N–H and O–H groups in total. The van der Waals surface area contributed by atoms with Crippen molar-refractivity contribution in [2.24, 2.45) is 5.73 Å². The van der Waals surface area contributed by atoms with Crippen LogP contribution in [0.25, 0.3) is 0 Å². The minimum atomic E-state index is -0.515. The number of amides is 1. The Morgan fingerprint density at radius 1 is 1.53 bits per heavy atom. The van der Waals surface area contributed by atoms with E-state index in [0.29, 0.717) is 12.1 Å². The maximum atomic E-state index is 13.4. The Balaban J connectivity index is 2.61. The highest BCUT2D eigenvalue weighted by molar-refractivity contribution is 7.98. The Morgan fingerprint density at radius 2 is 2.24 bits per heavy atom. The summed E-state index contributed by atoms with van der Waals surface area (Å²) >= 11 is 1.71.